The van der Waals surface area contributed by atoms with E-state index in [0.29, 0.717) is 22.8 Å². The minimum atomic E-state index is -0.280. The van der Waals surface area contributed by atoms with Gasteiger partial charge in [0.1, 0.15) is 11.6 Å². The molecule has 0 fully saturated rings. The number of hydrogen-bond acceptors (Lipinski definition) is 4. The molecule has 18 heavy (non-hydrogen) atoms. The lowest BCUT2D eigenvalue weighted by Gasteiger charge is -2.07. The summed E-state index contributed by atoms with van der Waals surface area (Å²) >= 11 is 0. The molecule has 2 N–H and O–H groups in total. The average Bonchev–Trinajstić information content (AvgIpc) is 2.31. The van der Waals surface area contributed by atoms with Gasteiger partial charge in [0, 0.05) is 11.5 Å². The first kappa shape index (κ1) is 12.4. The van der Waals surface area contributed by atoms with Gasteiger partial charge in [-0.1, -0.05) is 26.0 Å². The van der Waals surface area contributed by atoms with Gasteiger partial charge < -0.3 is 5.73 Å². The molecule has 1 aromatic carbocycles. The maximum atomic E-state index is 13.5. The van der Waals surface area contributed by atoms with Gasteiger partial charge in [-0.2, -0.15) is 9.97 Å². The minimum absolute atomic E-state index is 0.143. The van der Waals surface area contributed by atoms with E-state index < -0.39 is 0 Å². The zero-order valence-corrected chi connectivity index (χ0v) is 10.6. The lowest BCUT2D eigenvalue weighted by atomic mass is 10.1. The Kier molecular flexibility index (Phi) is 3.23. The average molecular weight is 246 g/mol. The van der Waals surface area contributed by atoms with Crippen LogP contribution in [0.1, 0.15) is 31.2 Å². The SMILES string of the molecule is Cc1ccc(-c2nc(N)nc(C(C)C)n2)cc1F. The lowest BCUT2D eigenvalue weighted by Crippen LogP contribution is -2.06. The summed E-state index contributed by atoms with van der Waals surface area (Å²) in [6.07, 6.45) is 0. The van der Waals surface area contributed by atoms with Crippen molar-refractivity contribution in [3.63, 3.8) is 0 Å². The van der Waals surface area contributed by atoms with Crippen molar-refractivity contribution in [2.45, 2.75) is 26.7 Å². The minimum Gasteiger partial charge on any atom is -0.368 e. The van der Waals surface area contributed by atoms with E-state index in [1.807, 2.05) is 13.8 Å². The van der Waals surface area contributed by atoms with E-state index in [2.05, 4.69) is 15.0 Å². The first-order valence-electron chi connectivity index (χ1n) is 5.75. The Morgan fingerprint density at radius 3 is 2.50 bits per heavy atom. The van der Waals surface area contributed by atoms with Gasteiger partial charge in [-0.05, 0) is 18.6 Å². The largest absolute Gasteiger partial charge is 0.368 e. The molecule has 0 aliphatic rings. The smallest absolute Gasteiger partial charge is 0.223 e. The first-order chi connectivity index (χ1) is 8.47. The van der Waals surface area contributed by atoms with Gasteiger partial charge in [0.05, 0.1) is 0 Å². The Morgan fingerprint density at radius 1 is 1.17 bits per heavy atom. The van der Waals surface area contributed by atoms with Crippen LogP contribution in [0.3, 0.4) is 0 Å². The number of nitrogen functional groups attached to an aromatic ring is 1. The number of benzene rings is 1. The standard InChI is InChI=1S/C13H15FN4/c1-7(2)11-16-12(18-13(15)17-11)9-5-4-8(3)10(14)6-9/h4-7H,1-3H3,(H2,15,16,17,18). The summed E-state index contributed by atoms with van der Waals surface area (Å²) in [5.41, 5.74) is 6.84. The number of nitrogens with two attached hydrogens (primary N) is 1. The van der Waals surface area contributed by atoms with Crippen LogP contribution in [-0.4, -0.2) is 15.0 Å². The molecule has 4 nitrogen and oxygen atoms in total. The van der Waals surface area contributed by atoms with Crippen molar-refractivity contribution in [3.8, 4) is 11.4 Å². The monoisotopic (exact) mass is 246 g/mol. The van der Waals surface area contributed by atoms with E-state index in [0.717, 1.165) is 0 Å². The predicted octanol–water partition coefficient (Wildman–Crippen LogP) is 2.69. The second kappa shape index (κ2) is 4.68. The molecular formula is C13H15FN4. The fourth-order valence-electron chi connectivity index (χ4n) is 1.53. The highest BCUT2D eigenvalue weighted by Crippen LogP contribution is 2.20. The zero-order valence-electron chi connectivity index (χ0n) is 10.6. The number of aryl methyl sites for hydroxylation is 1. The predicted molar refractivity (Wildman–Crippen MR) is 68.5 cm³/mol. The van der Waals surface area contributed by atoms with Crippen molar-refractivity contribution in [2.24, 2.45) is 0 Å². The van der Waals surface area contributed by atoms with Crippen LogP contribution < -0.4 is 5.73 Å². The molecule has 0 aliphatic carbocycles. The van der Waals surface area contributed by atoms with Crippen LogP contribution in [0.25, 0.3) is 11.4 Å². The van der Waals surface area contributed by atoms with E-state index in [1.165, 1.54) is 6.07 Å². The summed E-state index contributed by atoms with van der Waals surface area (Å²) in [5, 5.41) is 0. The molecule has 0 unspecified atom stereocenters. The van der Waals surface area contributed by atoms with Gasteiger partial charge in [0.15, 0.2) is 5.82 Å². The molecule has 0 bridgehead atoms. The third-order valence-electron chi connectivity index (χ3n) is 2.62. The van der Waals surface area contributed by atoms with E-state index in [1.54, 1.807) is 19.1 Å². The maximum Gasteiger partial charge on any atom is 0.223 e. The van der Waals surface area contributed by atoms with E-state index >= 15 is 0 Å². The Labute approximate surface area is 105 Å². The fraction of sp³-hybridized carbons (Fsp3) is 0.308. The van der Waals surface area contributed by atoms with E-state index in [4.69, 9.17) is 5.73 Å². The fourth-order valence-corrected chi connectivity index (χ4v) is 1.53. The summed E-state index contributed by atoms with van der Waals surface area (Å²) in [6.45, 7) is 5.64. The van der Waals surface area contributed by atoms with Crippen molar-refractivity contribution in [1.82, 2.24) is 15.0 Å². The maximum absolute atomic E-state index is 13.5. The summed E-state index contributed by atoms with van der Waals surface area (Å²) in [5.74, 6) is 1.04. The van der Waals surface area contributed by atoms with Crippen molar-refractivity contribution < 1.29 is 4.39 Å². The van der Waals surface area contributed by atoms with Gasteiger partial charge >= 0.3 is 0 Å². The second-order valence-corrected chi connectivity index (χ2v) is 4.49. The molecular weight excluding hydrogens is 231 g/mol. The zero-order chi connectivity index (χ0) is 13.3. The topological polar surface area (TPSA) is 64.7 Å². The number of hydrogen-bond donors (Lipinski definition) is 1. The van der Waals surface area contributed by atoms with Crippen LogP contribution in [0.2, 0.25) is 0 Å². The molecule has 2 aromatic rings. The summed E-state index contributed by atoms with van der Waals surface area (Å²) in [6, 6.07) is 4.88. The number of nitrogens with zero attached hydrogens (tertiary/aromatic N) is 3. The molecule has 1 aromatic heterocycles. The molecule has 2 rings (SSSR count). The Hall–Kier alpha value is -2.04. The number of halogens is 1. The summed E-state index contributed by atoms with van der Waals surface area (Å²) in [4.78, 5) is 12.4. The Bertz CT molecular complexity index is 581. The molecule has 0 spiro atoms. The van der Waals surface area contributed by atoms with Crippen LogP contribution in [0, 0.1) is 12.7 Å². The molecule has 1 heterocycles. The van der Waals surface area contributed by atoms with Crippen molar-refractivity contribution in [3.05, 3.63) is 35.4 Å². The molecule has 0 aliphatic heterocycles. The Morgan fingerprint density at radius 2 is 1.89 bits per heavy atom. The molecule has 0 saturated heterocycles. The first-order valence-corrected chi connectivity index (χ1v) is 5.75. The molecule has 0 amide bonds. The Balaban J connectivity index is 2.53. The highest BCUT2D eigenvalue weighted by atomic mass is 19.1. The number of rotatable bonds is 2. The van der Waals surface area contributed by atoms with Crippen molar-refractivity contribution in [1.29, 1.82) is 0 Å². The molecule has 5 heteroatoms. The highest BCUT2D eigenvalue weighted by Gasteiger charge is 2.10. The second-order valence-electron chi connectivity index (χ2n) is 4.49. The van der Waals surface area contributed by atoms with Gasteiger partial charge in [0.25, 0.3) is 0 Å². The van der Waals surface area contributed by atoms with Crippen LogP contribution >= 0.6 is 0 Å². The van der Waals surface area contributed by atoms with Crippen LogP contribution in [0.15, 0.2) is 18.2 Å². The van der Waals surface area contributed by atoms with Crippen molar-refractivity contribution >= 4 is 5.95 Å². The molecule has 0 radical (unpaired) electrons. The van der Waals surface area contributed by atoms with E-state index in [-0.39, 0.29) is 17.7 Å². The van der Waals surface area contributed by atoms with Gasteiger partial charge in [-0.15, -0.1) is 0 Å². The van der Waals surface area contributed by atoms with Gasteiger partial charge in [0.2, 0.25) is 5.95 Å². The van der Waals surface area contributed by atoms with Crippen LogP contribution in [0.4, 0.5) is 10.3 Å². The summed E-state index contributed by atoms with van der Waals surface area (Å²) in [7, 11) is 0. The van der Waals surface area contributed by atoms with Crippen LogP contribution in [0.5, 0.6) is 0 Å². The third kappa shape index (κ3) is 2.45. The molecule has 0 saturated carbocycles. The van der Waals surface area contributed by atoms with Gasteiger partial charge in [-0.25, -0.2) is 9.37 Å². The molecule has 0 atom stereocenters. The number of aromatic nitrogens is 3. The quantitative estimate of drug-likeness (QED) is 0.884. The van der Waals surface area contributed by atoms with Gasteiger partial charge in [-0.3, -0.25) is 0 Å². The highest BCUT2D eigenvalue weighted by molar-refractivity contribution is 5.56. The van der Waals surface area contributed by atoms with Crippen molar-refractivity contribution in [2.75, 3.05) is 5.73 Å². The molecule has 94 valence electrons. The van der Waals surface area contributed by atoms with E-state index in [9.17, 15) is 4.39 Å². The third-order valence-corrected chi connectivity index (χ3v) is 2.62. The normalized spacial score (nSPS) is 10.9. The lowest BCUT2D eigenvalue weighted by molar-refractivity contribution is 0.619. The number of anilines is 1. The van der Waals surface area contributed by atoms with Crippen LogP contribution in [-0.2, 0) is 0 Å². The summed E-state index contributed by atoms with van der Waals surface area (Å²) < 4.78 is 13.5.